The van der Waals surface area contributed by atoms with Crippen LogP contribution < -0.4 is 10.1 Å². The molecule has 0 bridgehead atoms. The largest absolute Gasteiger partial charge is 0.491 e. The van der Waals surface area contributed by atoms with Crippen LogP contribution >= 0.6 is 0 Å². The monoisotopic (exact) mass is 247 g/mol. The predicted molar refractivity (Wildman–Crippen MR) is 73.6 cm³/mol. The molecule has 1 aromatic rings. The van der Waals surface area contributed by atoms with Crippen molar-refractivity contribution in [2.45, 2.75) is 26.4 Å². The lowest BCUT2D eigenvalue weighted by atomic mass is 10.2. The second-order valence-corrected chi connectivity index (χ2v) is 4.11. The summed E-state index contributed by atoms with van der Waals surface area (Å²) < 4.78 is 5.56. The van der Waals surface area contributed by atoms with Crippen molar-refractivity contribution in [1.29, 1.82) is 0 Å². The van der Waals surface area contributed by atoms with Crippen molar-refractivity contribution in [3.05, 3.63) is 29.8 Å². The van der Waals surface area contributed by atoms with Gasteiger partial charge in [0, 0.05) is 19.5 Å². The third-order valence-electron chi connectivity index (χ3n) is 2.51. The van der Waals surface area contributed by atoms with E-state index < -0.39 is 6.10 Å². The number of nitrogens with one attached hydrogen (secondary N) is 1. The zero-order valence-corrected chi connectivity index (χ0v) is 11.1. The number of hydrogen-bond acceptors (Lipinski definition) is 3. The lowest BCUT2D eigenvalue weighted by Gasteiger charge is -2.14. The van der Waals surface area contributed by atoms with Crippen molar-refractivity contribution in [3.8, 4) is 17.6 Å². The Hall–Kier alpha value is -1.50. The molecule has 98 valence electrons. The van der Waals surface area contributed by atoms with Gasteiger partial charge in [-0.25, -0.2) is 0 Å². The predicted octanol–water partition coefficient (Wildman–Crippen LogP) is 1.74. The number of benzene rings is 1. The summed E-state index contributed by atoms with van der Waals surface area (Å²) >= 11 is 0. The molecule has 2 N–H and O–H groups in total. The van der Waals surface area contributed by atoms with Crippen LogP contribution in [0, 0.1) is 18.8 Å². The van der Waals surface area contributed by atoms with Gasteiger partial charge in [-0.3, -0.25) is 0 Å². The molecule has 1 unspecified atom stereocenters. The minimum Gasteiger partial charge on any atom is -0.491 e. The molecule has 0 aliphatic heterocycles. The smallest absolute Gasteiger partial charge is 0.122 e. The van der Waals surface area contributed by atoms with E-state index in [1.807, 2.05) is 38.1 Å². The molecule has 0 aromatic heterocycles. The summed E-state index contributed by atoms with van der Waals surface area (Å²) in [6, 6.07) is 7.79. The Morgan fingerprint density at radius 2 is 2.17 bits per heavy atom. The van der Waals surface area contributed by atoms with Crippen LogP contribution in [0.15, 0.2) is 24.3 Å². The first kappa shape index (κ1) is 14.6. The van der Waals surface area contributed by atoms with E-state index in [0.717, 1.165) is 24.3 Å². The van der Waals surface area contributed by atoms with Gasteiger partial charge in [0.05, 0.1) is 0 Å². The highest BCUT2D eigenvalue weighted by atomic mass is 16.5. The van der Waals surface area contributed by atoms with Gasteiger partial charge >= 0.3 is 0 Å². The molecular weight excluding hydrogens is 226 g/mol. The van der Waals surface area contributed by atoms with Crippen LogP contribution in [-0.4, -0.2) is 30.9 Å². The van der Waals surface area contributed by atoms with Gasteiger partial charge in [0.25, 0.3) is 0 Å². The molecule has 0 aliphatic carbocycles. The Kier molecular flexibility index (Phi) is 6.93. The van der Waals surface area contributed by atoms with Crippen LogP contribution in [0.1, 0.15) is 18.9 Å². The molecule has 1 rings (SSSR count). The number of aliphatic hydroxyl groups is 1. The molecule has 0 saturated carbocycles. The maximum absolute atomic E-state index is 9.73. The summed E-state index contributed by atoms with van der Waals surface area (Å²) in [5, 5.41) is 12.9. The first-order valence-electron chi connectivity index (χ1n) is 6.21. The molecule has 0 spiro atoms. The maximum Gasteiger partial charge on any atom is 0.122 e. The zero-order valence-electron chi connectivity index (χ0n) is 11.1. The van der Waals surface area contributed by atoms with Crippen molar-refractivity contribution in [2.75, 3.05) is 19.7 Å². The summed E-state index contributed by atoms with van der Waals surface area (Å²) in [7, 11) is 0. The average Bonchev–Trinajstić information content (AvgIpc) is 2.37. The van der Waals surface area contributed by atoms with Gasteiger partial charge in [0.1, 0.15) is 18.5 Å². The molecule has 1 aromatic carbocycles. The van der Waals surface area contributed by atoms with Crippen molar-refractivity contribution in [3.63, 3.8) is 0 Å². The highest BCUT2D eigenvalue weighted by Gasteiger charge is 2.05. The zero-order chi connectivity index (χ0) is 13.2. The molecule has 18 heavy (non-hydrogen) atoms. The van der Waals surface area contributed by atoms with Gasteiger partial charge in [0.2, 0.25) is 0 Å². The highest BCUT2D eigenvalue weighted by molar-refractivity contribution is 5.31. The Morgan fingerprint density at radius 3 is 2.89 bits per heavy atom. The standard InChI is InChI=1S/C15H21NO2/c1-3-4-7-10-16-11-14(17)12-18-15-9-6-5-8-13(15)2/h5-6,8-9,14,16-17H,7,10-12H2,1-2H3. The Balaban J connectivity index is 2.18. The van der Waals surface area contributed by atoms with Crippen LogP contribution in [0.25, 0.3) is 0 Å². The van der Waals surface area contributed by atoms with Crippen LogP contribution in [0.4, 0.5) is 0 Å². The number of rotatable bonds is 7. The summed E-state index contributed by atoms with van der Waals surface area (Å²) in [6.45, 7) is 5.44. The highest BCUT2D eigenvalue weighted by Crippen LogP contribution is 2.16. The van der Waals surface area contributed by atoms with E-state index in [1.165, 1.54) is 0 Å². The van der Waals surface area contributed by atoms with Crippen molar-refractivity contribution in [1.82, 2.24) is 5.32 Å². The fraction of sp³-hybridized carbons (Fsp3) is 0.467. The van der Waals surface area contributed by atoms with Crippen LogP contribution in [0.2, 0.25) is 0 Å². The average molecular weight is 247 g/mol. The molecular formula is C15H21NO2. The molecule has 0 heterocycles. The van der Waals surface area contributed by atoms with Gasteiger partial charge in [-0.15, -0.1) is 11.8 Å². The van der Waals surface area contributed by atoms with E-state index in [-0.39, 0.29) is 0 Å². The van der Waals surface area contributed by atoms with E-state index >= 15 is 0 Å². The number of para-hydroxylation sites is 1. The fourth-order valence-electron chi connectivity index (χ4n) is 1.51. The normalized spacial score (nSPS) is 11.5. The van der Waals surface area contributed by atoms with Crippen LogP contribution in [0.5, 0.6) is 5.75 Å². The molecule has 0 aliphatic rings. The molecule has 0 saturated heterocycles. The minimum absolute atomic E-state index is 0.303. The van der Waals surface area contributed by atoms with E-state index in [0.29, 0.717) is 13.2 Å². The molecule has 0 radical (unpaired) electrons. The Labute approximate surface area is 109 Å². The molecule has 3 nitrogen and oxygen atoms in total. The lowest BCUT2D eigenvalue weighted by molar-refractivity contribution is 0.106. The number of aliphatic hydroxyl groups excluding tert-OH is 1. The first-order chi connectivity index (χ1) is 8.74. The summed E-state index contributed by atoms with van der Waals surface area (Å²) in [5.41, 5.74) is 1.08. The van der Waals surface area contributed by atoms with Gasteiger partial charge in [-0.1, -0.05) is 18.2 Å². The summed E-state index contributed by atoms with van der Waals surface area (Å²) in [6.07, 6.45) is 0.307. The first-order valence-corrected chi connectivity index (χ1v) is 6.21. The van der Waals surface area contributed by atoms with Gasteiger partial charge in [-0.05, 0) is 25.5 Å². The Morgan fingerprint density at radius 1 is 1.39 bits per heavy atom. The third-order valence-corrected chi connectivity index (χ3v) is 2.51. The maximum atomic E-state index is 9.73. The lowest BCUT2D eigenvalue weighted by Crippen LogP contribution is -2.32. The van der Waals surface area contributed by atoms with Gasteiger partial charge in [-0.2, -0.15) is 0 Å². The van der Waals surface area contributed by atoms with E-state index in [4.69, 9.17) is 4.74 Å². The van der Waals surface area contributed by atoms with E-state index in [2.05, 4.69) is 17.2 Å². The molecule has 1 atom stereocenters. The fourth-order valence-corrected chi connectivity index (χ4v) is 1.51. The van der Waals surface area contributed by atoms with E-state index in [1.54, 1.807) is 0 Å². The Bertz CT molecular complexity index is 406. The van der Waals surface area contributed by atoms with Crippen molar-refractivity contribution < 1.29 is 9.84 Å². The van der Waals surface area contributed by atoms with Crippen LogP contribution in [0.3, 0.4) is 0 Å². The second-order valence-electron chi connectivity index (χ2n) is 4.11. The van der Waals surface area contributed by atoms with Crippen molar-refractivity contribution >= 4 is 0 Å². The van der Waals surface area contributed by atoms with E-state index in [9.17, 15) is 5.11 Å². The van der Waals surface area contributed by atoms with Crippen LogP contribution in [-0.2, 0) is 0 Å². The molecule has 0 amide bonds. The molecule has 0 fully saturated rings. The SMILES string of the molecule is CC#CCCNCC(O)COc1ccccc1C. The number of ether oxygens (including phenoxy) is 1. The molecule has 3 heteroatoms. The number of hydrogen-bond donors (Lipinski definition) is 2. The quantitative estimate of drug-likeness (QED) is 0.569. The number of aryl methyl sites for hydroxylation is 1. The van der Waals surface area contributed by atoms with Crippen molar-refractivity contribution in [2.24, 2.45) is 0 Å². The second kappa shape index (κ2) is 8.57. The van der Waals surface area contributed by atoms with Gasteiger partial charge in [0.15, 0.2) is 0 Å². The summed E-state index contributed by atoms with van der Waals surface area (Å²) in [5.74, 6) is 6.62. The topological polar surface area (TPSA) is 41.5 Å². The van der Waals surface area contributed by atoms with Gasteiger partial charge < -0.3 is 15.2 Å². The summed E-state index contributed by atoms with van der Waals surface area (Å²) in [4.78, 5) is 0. The minimum atomic E-state index is -0.501. The third kappa shape index (κ3) is 5.72.